The van der Waals surface area contributed by atoms with Gasteiger partial charge in [0.1, 0.15) is 9.84 Å². The average Bonchev–Trinajstić information content (AvgIpc) is 2.16. The Bertz CT molecular complexity index is 424. The van der Waals surface area contributed by atoms with Gasteiger partial charge in [-0.15, -0.1) is 0 Å². The zero-order valence-electron chi connectivity index (χ0n) is 9.90. The molecule has 0 fully saturated rings. The quantitative estimate of drug-likeness (QED) is 0.843. The van der Waals surface area contributed by atoms with Crippen molar-refractivity contribution in [3.8, 4) is 0 Å². The maximum absolute atomic E-state index is 10.9. The second-order valence-corrected chi connectivity index (χ2v) is 6.26. The van der Waals surface area contributed by atoms with E-state index in [9.17, 15) is 8.42 Å². The van der Waals surface area contributed by atoms with E-state index in [0.29, 0.717) is 6.54 Å². The van der Waals surface area contributed by atoms with Gasteiger partial charge in [0.15, 0.2) is 0 Å². The highest BCUT2D eigenvalue weighted by Gasteiger charge is 2.01. The van der Waals surface area contributed by atoms with Crippen LogP contribution in [0.1, 0.15) is 0 Å². The van der Waals surface area contributed by atoms with Crippen LogP contribution in [0.25, 0.3) is 0 Å². The molecule has 0 saturated heterocycles. The molecule has 0 bridgehead atoms. The van der Waals surface area contributed by atoms with Crippen molar-refractivity contribution < 1.29 is 8.42 Å². The Labute approximate surface area is 97.2 Å². The molecule has 0 aliphatic rings. The van der Waals surface area contributed by atoms with E-state index < -0.39 is 9.84 Å². The van der Waals surface area contributed by atoms with Crippen LogP contribution in [0, 0.1) is 0 Å². The predicted octanol–water partition coefficient (Wildman–Crippen LogP) is 1.21. The minimum atomic E-state index is -2.89. The summed E-state index contributed by atoms with van der Waals surface area (Å²) in [5.41, 5.74) is 2.06. The predicted molar refractivity (Wildman–Crippen MR) is 69.0 cm³/mol. The molecule has 0 unspecified atom stereocenters. The first kappa shape index (κ1) is 12.8. The van der Waals surface area contributed by atoms with Gasteiger partial charge in [0.25, 0.3) is 0 Å². The van der Waals surface area contributed by atoms with Gasteiger partial charge in [-0.2, -0.15) is 0 Å². The Balaban J connectivity index is 2.50. The lowest BCUT2D eigenvalue weighted by Crippen LogP contribution is -2.14. The summed E-state index contributed by atoms with van der Waals surface area (Å²) < 4.78 is 21.8. The maximum Gasteiger partial charge on any atom is 0.149 e. The summed E-state index contributed by atoms with van der Waals surface area (Å²) in [6.45, 7) is 0.445. The second kappa shape index (κ2) is 5.21. The lowest BCUT2D eigenvalue weighted by Gasteiger charge is -2.13. The van der Waals surface area contributed by atoms with Crippen LogP contribution in [0.5, 0.6) is 0 Å². The molecule has 0 spiro atoms. The van der Waals surface area contributed by atoms with Gasteiger partial charge in [0.2, 0.25) is 0 Å². The minimum absolute atomic E-state index is 0.155. The van der Waals surface area contributed by atoms with E-state index in [1.807, 2.05) is 43.3 Å². The van der Waals surface area contributed by atoms with Gasteiger partial charge in [0, 0.05) is 38.3 Å². The summed E-state index contributed by atoms with van der Waals surface area (Å²) in [6.07, 6.45) is 1.24. The van der Waals surface area contributed by atoms with E-state index >= 15 is 0 Å². The van der Waals surface area contributed by atoms with Gasteiger partial charge < -0.3 is 10.2 Å². The third-order valence-corrected chi connectivity index (χ3v) is 3.13. The Hall–Kier alpha value is -1.23. The van der Waals surface area contributed by atoms with Crippen LogP contribution in [0.4, 0.5) is 11.4 Å². The van der Waals surface area contributed by atoms with E-state index in [4.69, 9.17) is 0 Å². The molecule has 90 valence electrons. The van der Waals surface area contributed by atoms with Crippen molar-refractivity contribution in [1.29, 1.82) is 0 Å². The highest BCUT2D eigenvalue weighted by molar-refractivity contribution is 7.90. The van der Waals surface area contributed by atoms with Gasteiger partial charge in [-0.05, 0) is 24.3 Å². The molecule has 1 aromatic rings. The molecule has 0 heterocycles. The molecule has 4 nitrogen and oxygen atoms in total. The average molecular weight is 242 g/mol. The van der Waals surface area contributed by atoms with Crippen molar-refractivity contribution in [2.75, 3.05) is 42.9 Å². The van der Waals surface area contributed by atoms with Crippen molar-refractivity contribution >= 4 is 21.2 Å². The van der Waals surface area contributed by atoms with Crippen LogP contribution in [-0.2, 0) is 9.84 Å². The molecule has 0 aliphatic heterocycles. The fraction of sp³-hybridized carbons (Fsp3) is 0.455. The van der Waals surface area contributed by atoms with E-state index in [0.717, 1.165) is 11.4 Å². The maximum atomic E-state index is 10.9. The summed E-state index contributed by atoms with van der Waals surface area (Å²) in [4.78, 5) is 2.01. The molecule has 0 aromatic heterocycles. The Morgan fingerprint density at radius 1 is 1.19 bits per heavy atom. The third kappa shape index (κ3) is 4.53. The van der Waals surface area contributed by atoms with Crippen LogP contribution in [0.2, 0.25) is 0 Å². The van der Waals surface area contributed by atoms with Gasteiger partial charge in [-0.3, -0.25) is 0 Å². The van der Waals surface area contributed by atoms with Gasteiger partial charge in [0.05, 0.1) is 5.75 Å². The Morgan fingerprint density at radius 2 is 1.75 bits per heavy atom. The molecule has 16 heavy (non-hydrogen) atoms. The zero-order valence-corrected chi connectivity index (χ0v) is 10.7. The smallest absolute Gasteiger partial charge is 0.149 e. The lowest BCUT2D eigenvalue weighted by atomic mass is 10.2. The number of benzene rings is 1. The largest absolute Gasteiger partial charge is 0.384 e. The van der Waals surface area contributed by atoms with E-state index in [2.05, 4.69) is 5.32 Å². The van der Waals surface area contributed by atoms with Crippen molar-refractivity contribution in [2.45, 2.75) is 0 Å². The Kier molecular flexibility index (Phi) is 4.18. The molecule has 0 aliphatic carbocycles. The Morgan fingerprint density at radius 3 is 2.19 bits per heavy atom. The molecule has 1 rings (SSSR count). The minimum Gasteiger partial charge on any atom is -0.384 e. The molecule has 5 heteroatoms. The molecule has 0 atom stereocenters. The lowest BCUT2D eigenvalue weighted by molar-refractivity contribution is 0.602. The fourth-order valence-corrected chi connectivity index (χ4v) is 1.73. The summed E-state index contributed by atoms with van der Waals surface area (Å²) in [6, 6.07) is 7.86. The first-order chi connectivity index (χ1) is 7.38. The highest BCUT2D eigenvalue weighted by Crippen LogP contribution is 2.15. The summed E-state index contributed by atoms with van der Waals surface area (Å²) in [5, 5.41) is 3.07. The van der Waals surface area contributed by atoms with Crippen LogP contribution >= 0.6 is 0 Å². The van der Waals surface area contributed by atoms with Crippen molar-refractivity contribution in [1.82, 2.24) is 0 Å². The van der Waals surface area contributed by atoms with Crippen LogP contribution in [0.3, 0.4) is 0 Å². The van der Waals surface area contributed by atoms with E-state index in [-0.39, 0.29) is 5.75 Å². The van der Waals surface area contributed by atoms with Crippen LogP contribution < -0.4 is 10.2 Å². The zero-order chi connectivity index (χ0) is 12.2. The van der Waals surface area contributed by atoms with Gasteiger partial charge in [-0.25, -0.2) is 8.42 Å². The number of rotatable bonds is 5. The van der Waals surface area contributed by atoms with Crippen LogP contribution in [0.15, 0.2) is 24.3 Å². The number of nitrogens with zero attached hydrogens (tertiary/aromatic N) is 1. The fourth-order valence-electron chi connectivity index (χ4n) is 1.26. The molecular weight excluding hydrogens is 224 g/mol. The second-order valence-electron chi connectivity index (χ2n) is 4.00. The molecule has 1 aromatic carbocycles. The molecule has 0 amide bonds. The standard InChI is InChI=1S/C11H18N2O2S/c1-13(2)11-6-4-10(5-7-11)12-8-9-16(3,14)15/h4-7,12H,8-9H2,1-3H3. The summed E-state index contributed by atoms with van der Waals surface area (Å²) in [7, 11) is 1.07. The number of nitrogens with one attached hydrogen (secondary N) is 1. The van der Waals surface area contributed by atoms with Gasteiger partial charge >= 0.3 is 0 Å². The first-order valence-corrected chi connectivity index (χ1v) is 7.13. The normalized spacial score (nSPS) is 11.2. The molecule has 0 saturated carbocycles. The van der Waals surface area contributed by atoms with Gasteiger partial charge in [-0.1, -0.05) is 0 Å². The third-order valence-electron chi connectivity index (χ3n) is 2.19. The topological polar surface area (TPSA) is 49.4 Å². The SMILES string of the molecule is CN(C)c1ccc(NCCS(C)(=O)=O)cc1. The van der Waals surface area contributed by atoms with Crippen molar-refractivity contribution in [2.24, 2.45) is 0 Å². The highest BCUT2D eigenvalue weighted by atomic mass is 32.2. The summed E-state index contributed by atoms with van der Waals surface area (Å²) >= 11 is 0. The molecular formula is C11H18N2O2S. The van der Waals surface area contributed by atoms with Crippen molar-refractivity contribution in [3.63, 3.8) is 0 Å². The van der Waals surface area contributed by atoms with E-state index in [1.165, 1.54) is 6.26 Å². The molecule has 0 radical (unpaired) electrons. The number of hydrogen-bond donors (Lipinski definition) is 1. The number of hydrogen-bond acceptors (Lipinski definition) is 4. The van der Waals surface area contributed by atoms with Crippen molar-refractivity contribution in [3.05, 3.63) is 24.3 Å². The first-order valence-electron chi connectivity index (χ1n) is 5.07. The molecule has 1 N–H and O–H groups in total. The summed E-state index contributed by atoms with van der Waals surface area (Å²) in [5.74, 6) is 0.155. The monoisotopic (exact) mass is 242 g/mol. The number of anilines is 2. The number of sulfone groups is 1. The van der Waals surface area contributed by atoms with Crippen LogP contribution in [-0.4, -0.2) is 41.1 Å². The van der Waals surface area contributed by atoms with E-state index in [1.54, 1.807) is 0 Å².